The van der Waals surface area contributed by atoms with E-state index in [1.54, 1.807) is 13.0 Å². The quantitative estimate of drug-likeness (QED) is 0.850. The van der Waals surface area contributed by atoms with Crippen LogP contribution in [0.4, 0.5) is 5.82 Å². The van der Waals surface area contributed by atoms with E-state index in [1.807, 2.05) is 30.3 Å². The zero-order valence-corrected chi connectivity index (χ0v) is 9.05. The number of nitrogens with two attached hydrogens (primary N) is 1. The van der Waals surface area contributed by atoms with Crippen LogP contribution in [0.1, 0.15) is 11.4 Å². The van der Waals surface area contributed by atoms with Crippen LogP contribution in [0.5, 0.6) is 5.88 Å². The standard InChI is InChI=1S/C12H13N3O/c1-9-14-11(13)7-12(15-9)16-8-10-5-3-2-4-6-10/h2-7H,8H2,1H3,(H2,13,14,15). The molecular formula is C12H13N3O. The van der Waals surface area contributed by atoms with E-state index in [2.05, 4.69) is 9.97 Å². The molecule has 0 atom stereocenters. The number of anilines is 1. The number of nitrogen functional groups attached to an aromatic ring is 1. The first kappa shape index (κ1) is 10.4. The Labute approximate surface area is 94.1 Å². The molecule has 0 fully saturated rings. The average molecular weight is 215 g/mol. The summed E-state index contributed by atoms with van der Waals surface area (Å²) in [5.74, 6) is 1.55. The van der Waals surface area contributed by atoms with E-state index < -0.39 is 0 Å². The van der Waals surface area contributed by atoms with Crippen LogP contribution >= 0.6 is 0 Å². The number of nitrogens with zero attached hydrogens (tertiary/aromatic N) is 2. The molecule has 2 aromatic rings. The van der Waals surface area contributed by atoms with Gasteiger partial charge in [0.25, 0.3) is 0 Å². The van der Waals surface area contributed by atoms with E-state index in [4.69, 9.17) is 10.5 Å². The molecule has 4 heteroatoms. The topological polar surface area (TPSA) is 61.0 Å². The maximum Gasteiger partial charge on any atom is 0.219 e. The van der Waals surface area contributed by atoms with Gasteiger partial charge in [-0.25, -0.2) is 4.98 Å². The Hall–Kier alpha value is -2.10. The Kier molecular flexibility index (Phi) is 3.00. The summed E-state index contributed by atoms with van der Waals surface area (Å²) in [5.41, 5.74) is 6.69. The molecule has 0 bridgehead atoms. The highest BCUT2D eigenvalue weighted by atomic mass is 16.5. The van der Waals surface area contributed by atoms with Gasteiger partial charge in [0.05, 0.1) is 0 Å². The molecule has 0 saturated heterocycles. The monoisotopic (exact) mass is 215 g/mol. The normalized spacial score (nSPS) is 10.1. The van der Waals surface area contributed by atoms with Crippen molar-refractivity contribution in [1.29, 1.82) is 0 Å². The predicted molar refractivity (Wildman–Crippen MR) is 62.0 cm³/mol. The largest absolute Gasteiger partial charge is 0.473 e. The van der Waals surface area contributed by atoms with E-state index in [0.29, 0.717) is 24.1 Å². The second-order valence-electron chi connectivity index (χ2n) is 3.45. The van der Waals surface area contributed by atoms with Crippen molar-refractivity contribution in [3.05, 3.63) is 47.8 Å². The van der Waals surface area contributed by atoms with E-state index in [0.717, 1.165) is 5.56 Å². The molecular weight excluding hydrogens is 202 g/mol. The average Bonchev–Trinajstić information content (AvgIpc) is 2.27. The highest BCUT2D eigenvalue weighted by Gasteiger charge is 2.00. The third kappa shape index (κ3) is 2.70. The van der Waals surface area contributed by atoms with Crippen LogP contribution in [0, 0.1) is 6.92 Å². The van der Waals surface area contributed by atoms with Crippen LogP contribution in [0.25, 0.3) is 0 Å². The number of aryl methyl sites for hydroxylation is 1. The van der Waals surface area contributed by atoms with Crippen LogP contribution in [-0.2, 0) is 6.61 Å². The molecule has 16 heavy (non-hydrogen) atoms. The Morgan fingerprint density at radius 3 is 2.62 bits per heavy atom. The molecule has 4 nitrogen and oxygen atoms in total. The van der Waals surface area contributed by atoms with Crippen LogP contribution < -0.4 is 10.5 Å². The second kappa shape index (κ2) is 4.61. The highest BCUT2D eigenvalue weighted by molar-refractivity contribution is 5.32. The summed E-state index contributed by atoms with van der Waals surface area (Å²) < 4.78 is 5.52. The van der Waals surface area contributed by atoms with Crippen molar-refractivity contribution in [1.82, 2.24) is 9.97 Å². The fourth-order valence-corrected chi connectivity index (χ4v) is 1.37. The Morgan fingerprint density at radius 1 is 1.19 bits per heavy atom. The molecule has 0 aliphatic heterocycles. The maximum atomic E-state index is 5.60. The number of ether oxygens (including phenoxy) is 1. The van der Waals surface area contributed by atoms with Gasteiger partial charge in [0.1, 0.15) is 18.2 Å². The smallest absolute Gasteiger partial charge is 0.219 e. The lowest BCUT2D eigenvalue weighted by Crippen LogP contribution is -2.01. The number of hydrogen-bond acceptors (Lipinski definition) is 4. The Bertz CT molecular complexity index is 451. The van der Waals surface area contributed by atoms with Crippen LogP contribution in [0.15, 0.2) is 36.4 Å². The first-order valence-corrected chi connectivity index (χ1v) is 5.02. The van der Waals surface area contributed by atoms with Crippen molar-refractivity contribution >= 4 is 5.82 Å². The summed E-state index contributed by atoms with van der Waals surface area (Å²) in [4.78, 5) is 8.11. The molecule has 0 aliphatic carbocycles. The molecule has 82 valence electrons. The first-order chi connectivity index (χ1) is 7.74. The molecule has 1 heterocycles. The van der Waals surface area contributed by atoms with Gasteiger partial charge >= 0.3 is 0 Å². The predicted octanol–water partition coefficient (Wildman–Crippen LogP) is 1.95. The van der Waals surface area contributed by atoms with Crippen LogP contribution in [0.2, 0.25) is 0 Å². The molecule has 1 aromatic heterocycles. The zero-order chi connectivity index (χ0) is 11.4. The molecule has 1 aromatic carbocycles. The maximum absolute atomic E-state index is 5.60. The summed E-state index contributed by atoms with van der Waals surface area (Å²) >= 11 is 0. The van der Waals surface area contributed by atoms with Crippen molar-refractivity contribution < 1.29 is 4.74 Å². The molecule has 0 aliphatic rings. The van der Waals surface area contributed by atoms with Gasteiger partial charge in [0, 0.05) is 6.07 Å². The summed E-state index contributed by atoms with van der Waals surface area (Å²) in [5, 5.41) is 0. The van der Waals surface area contributed by atoms with Gasteiger partial charge in [-0.15, -0.1) is 0 Å². The molecule has 0 radical (unpaired) electrons. The van der Waals surface area contributed by atoms with E-state index in [1.165, 1.54) is 0 Å². The molecule has 0 spiro atoms. The number of rotatable bonds is 3. The molecule has 0 saturated carbocycles. The highest BCUT2D eigenvalue weighted by Crippen LogP contribution is 2.12. The SMILES string of the molecule is Cc1nc(N)cc(OCc2ccccc2)n1. The first-order valence-electron chi connectivity index (χ1n) is 5.02. The molecule has 2 N–H and O–H groups in total. The third-order valence-electron chi connectivity index (χ3n) is 2.06. The van der Waals surface area contributed by atoms with Gasteiger partial charge in [0.2, 0.25) is 5.88 Å². The fraction of sp³-hybridized carbons (Fsp3) is 0.167. The minimum absolute atomic E-state index is 0.426. The Balaban J connectivity index is 2.05. The van der Waals surface area contributed by atoms with Crippen molar-refractivity contribution in [2.45, 2.75) is 13.5 Å². The van der Waals surface area contributed by atoms with Gasteiger partial charge in [-0.3, -0.25) is 0 Å². The molecule has 2 rings (SSSR count). The molecule has 0 amide bonds. The lowest BCUT2D eigenvalue weighted by Gasteiger charge is -2.06. The van der Waals surface area contributed by atoms with Gasteiger partial charge < -0.3 is 10.5 Å². The Morgan fingerprint density at radius 2 is 1.94 bits per heavy atom. The zero-order valence-electron chi connectivity index (χ0n) is 9.05. The van der Waals surface area contributed by atoms with E-state index >= 15 is 0 Å². The minimum Gasteiger partial charge on any atom is -0.473 e. The molecule has 0 unspecified atom stereocenters. The summed E-state index contributed by atoms with van der Waals surface area (Å²) in [6, 6.07) is 11.5. The van der Waals surface area contributed by atoms with E-state index in [-0.39, 0.29) is 0 Å². The van der Waals surface area contributed by atoms with Gasteiger partial charge in [-0.05, 0) is 12.5 Å². The van der Waals surface area contributed by atoms with Crippen molar-refractivity contribution in [2.24, 2.45) is 0 Å². The van der Waals surface area contributed by atoms with E-state index in [9.17, 15) is 0 Å². The number of hydrogen-bond donors (Lipinski definition) is 1. The van der Waals surface area contributed by atoms with Crippen molar-refractivity contribution in [2.75, 3.05) is 5.73 Å². The van der Waals surface area contributed by atoms with Gasteiger partial charge in [-0.2, -0.15) is 4.98 Å². The summed E-state index contributed by atoms with van der Waals surface area (Å²) in [6.45, 7) is 2.27. The lowest BCUT2D eigenvalue weighted by molar-refractivity contribution is 0.293. The lowest BCUT2D eigenvalue weighted by atomic mass is 10.2. The van der Waals surface area contributed by atoms with Gasteiger partial charge in [0.15, 0.2) is 0 Å². The second-order valence-corrected chi connectivity index (χ2v) is 3.45. The fourth-order valence-electron chi connectivity index (χ4n) is 1.37. The number of aromatic nitrogens is 2. The number of benzene rings is 1. The van der Waals surface area contributed by atoms with Crippen LogP contribution in [-0.4, -0.2) is 9.97 Å². The van der Waals surface area contributed by atoms with Crippen molar-refractivity contribution in [3.8, 4) is 5.88 Å². The van der Waals surface area contributed by atoms with Gasteiger partial charge in [-0.1, -0.05) is 30.3 Å². The third-order valence-corrected chi connectivity index (χ3v) is 2.06. The van der Waals surface area contributed by atoms with Crippen molar-refractivity contribution in [3.63, 3.8) is 0 Å². The minimum atomic E-state index is 0.426. The summed E-state index contributed by atoms with van der Waals surface area (Å²) in [7, 11) is 0. The summed E-state index contributed by atoms with van der Waals surface area (Å²) in [6.07, 6.45) is 0. The van der Waals surface area contributed by atoms with Crippen LogP contribution in [0.3, 0.4) is 0 Å².